The first kappa shape index (κ1) is 60.7. The second kappa shape index (κ2) is 23.0. The highest BCUT2D eigenvalue weighted by Crippen LogP contribution is 2.65. The maximum atomic E-state index is 16.1. The van der Waals surface area contributed by atoms with E-state index in [4.69, 9.17) is 23.7 Å². The Bertz CT molecular complexity index is 2140. The minimum Gasteiger partial charge on any atom is -0.385 e. The molecule has 1 N–H and O–H groups in total. The lowest BCUT2D eigenvalue weighted by molar-refractivity contribution is -0.461. The van der Waals surface area contributed by atoms with Crippen molar-refractivity contribution in [3.8, 4) is 0 Å². The van der Waals surface area contributed by atoms with Crippen LogP contribution in [-0.4, -0.2) is 104 Å². The van der Waals surface area contributed by atoms with Crippen LogP contribution in [0.15, 0.2) is 104 Å². The van der Waals surface area contributed by atoms with Crippen LogP contribution in [0.4, 0.5) is 74.6 Å². The fraction of sp³-hybridized carbons (Fsp3) is 0.583. The van der Waals surface area contributed by atoms with Crippen molar-refractivity contribution >= 4 is 8.07 Å². The molecule has 1 saturated heterocycles. The van der Waals surface area contributed by atoms with Gasteiger partial charge in [-0.1, -0.05) is 125 Å². The Morgan fingerprint density at radius 1 is 0.597 bits per heavy atom. The van der Waals surface area contributed by atoms with Crippen LogP contribution in [0.2, 0.25) is 17.1 Å². The number of unbranched alkanes of at least 4 members (excludes halogenated alkanes) is 1. The summed E-state index contributed by atoms with van der Waals surface area (Å²) in [6.45, 7) is 7.41. The average Bonchev–Trinajstić information content (AvgIpc) is 3.30. The summed E-state index contributed by atoms with van der Waals surface area (Å²) in [7, 11) is -4.87. The zero-order valence-corrected chi connectivity index (χ0v) is 40.2. The molecule has 1 aliphatic rings. The maximum Gasteiger partial charge on any atom is 0.460 e. The van der Waals surface area contributed by atoms with Gasteiger partial charge in [0.1, 0.15) is 31.6 Å². The largest absolute Gasteiger partial charge is 0.460 e. The van der Waals surface area contributed by atoms with E-state index in [-0.39, 0.29) is 39.3 Å². The first-order valence-electron chi connectivity index (χ1n) is 22.4. The Kier molecular flexibility index (Phi) is 19.4. The predicted octanol–water partition coefficient (Wildman–Crippen LogP) is 14.0. The lowest BCUT2D eigenvalue weighted by Crippen LogP contribution is -2.80. The molecule has 5 atom stereocenters. The number of benzene rings is 3. The zero-order valence-electron chi connectivity index (χ0n) is 39.2. The smallest absolute Gasteiger partial charge is 0.385 e. The van der Waals surface area contributed by atoms with Gasteiger partial charge >= 0.3 is 47.6 Å². The summed E-state index contributed by atoms with van der Waals surface area (Å²) in [5, 5.41) is 10.9. The monoisotopic (exact) mass is 1080 g/mol. The summed E-state index contributed by atoms with van der Waals surface area (Å²) in [6.07, 6.45) is -15.5. The molecule has 1 fully saturated rings. The van der Waals surface area contributed by atoms with Crippen molar-refractivity contribution in [3.63, 3.8) is 0 Å². The molecule has 0 radical (unpaired) electrons. The van der Waals surface area contributed by atoms with Crippen molar-refractivity contribution in [2.45, 2.75) is 161 Å². The van der Waals surface area contributed by atoms with Gasteiger partial charge in [-0.05, 0) is 46.7 Å². The van der Waals surface area contributed by atoms with Crippen molar-refractivity contribution in [2.75, 3.05) is 13.2 Å². The average molecular weight is 1080 g/mol. The van der Waals surface area contributed by atoms with E-state index in [9.17, 15) is 53.4 Å². The second-order valence-electron chi connectivity index (χ2n) is 18.1. The lowest BCUT2D eigenvalue weighted by atomic mass is 9.88. The number of alkyl halides is 17. The number of ether oxygens (including phenoxy) is 5. The molecule has 0 unspecified atom stereocenters. The van der Waals surface area contributed by atoms with Gasteiger partial charge in [0.05, 0.1) is 33.0 Å². The molecule has 4 rings (SSSR count). The van der Waals surface area contributed by atoms with Crippen LogP contribution >= 0.6 is 0 Å². The van der Waals surface area contributed by atoms with E-state index < -0.39 is 116 Å². The summed E-state index contributed by atoms with van der Waals surface area (Å²) in [5.74, 6) is -57.6. The van der Waals surface area contributed by atoms with Crippen LogP contribution in [0.25, 0.3) is 0 Å². The summed E-state index contributed by atoms with van der Waals surface area (Å²) in [5.41, 5.74) is -0.791. The zero-order chi connectivity index (χ0) is 54.4. The van der Waals surface area contributed by atoms with Crippen molar-refractivity contribution in [2.24, 2.45) is 0 Å². The van der Waals surface area contributed by atoms with Crippen molar-refractivity contribution in [3.05, 3.63) is 120 Å². The van der Waals surface area contributed by atoms with E-state index in [0.717, 1.165) is 0 Å². The first-order chi connectivity index (χ1) is 33.2. The lowest BCUT2D eigenvalue weighted by Gasteiger charge is -2.61. The Hall–Kier alpha value is -3.81. The van der Waals surface area contributed by atoms with Gasteiger partial charge in [-0.3, -0.25) is 0 Å². The molecule has 0 amide bonds. The quantitative estimate of drug-likeness (QED) is 0.0355. The molecule has 24 heteroatoms. The van der Waals surface area contributed by atoms with Gasteiger partial charge in [0.15, 0.2) is 6.29 Å². The van der Waals surface area contributed by atoms with Crippen molar-refractivity contribution < 1.29 is 103 Å². The maximum absolute atomic E-state index is 16.1. The Balaban J connectivity index is 1.94. The minimum absolute atomic E-state index is 0.0330. The van der Waals surface area contributed by atoms with E-state index in [1.807, 2.05) is 0 Å². The van der Waals surface area contributed by atoms with Gasteiger partial charge in [-0.2, -0.15) is 74.6 Å². The highest BCUT2D eigenvalue weighted by molar-refractivity contribution is 6.85. The standard InChI is InChI=1S/C48H55F17O6Si/c1-6-7-17-25-68-39-41(66,38(70-29-35-22-15-10-16-23-35)37(69-28-34-20-13-9-14-21-34)36(71-39)30-67-27-33-18-11-8-12-19-33)72(31(2)3,32(4)5)26-24-40(49,50)42(51,52)43(53,54)44(55,56)45(57,58)46(59,60)47(61,62)48(63,64)65/h6,8-16,18-23,31-32,36-39,66H,1,7,17,24-30H2,2-5H3/t36-,37-,38+,39+,41-/m1/s1. The van der Waals surface area contributed by atoms with E-state index in [1.54, 1.807) is 91.0 Å². The van der Waals surface area contributed by atoms with Gasteiger partial charge in [-0.25, -0.2) is 0 Å². The van der Waals surface area contributed by atoms with E-state index in [2.05, 4.69) is 6.58 Å². The highest BCUT2D eigenvalue weighted by Gasteiger charge is 2.95. The molecule has 0 bridgehead atoms. The molecule has 1 aliphatic heterocycles. The summed E-state index contributed by atoms with van der Waals surface area (Å²) >= 11 is 0. The van der Waals surface area contributed by atoms with Crippen LogP contribution in [0.1, 0.15) is 63.6 Å². The molecular formula is C48H55F17O6Si. The SMILES string of the molecule is C=CCCCO[C@H]1O[C@H](COCc2ccccc2)[C@@H](OCc2ccccc2)[C@H](OCc2ccccc2)[C@@]1(O)[Si](CCC(F)(F)C(F)(F)C(F)(F)C(F)(F)C(F)(F)C(F)(F)C(F)(F)C(F)(F)F)(C(C)C)C(C)C. The van der Waals surface area contributed by atoms with Crippen LogP contribution in [0.3, 0.4) is 0 Å². The Morgan fingerprint density at radius 3 is 1.44 bits per heavy atom. The number of aliphatic hydroxyl groups is 1. The minimum atomic E-state index is -8.78. The van der Waals surface area contributed by atoms with Gasteiger partial charge in [0.25, 0.3) is 0 Å². The topological polar surface area (TPSA) is 66.4 Å². The third-order valence-corrected chi connectivity index (χ3v) is 20.2. The van der Waals surface area contributed by atoms with Crippen LogP contribution in [0.5, 0.6) is 0 Å². The first-order valence-corrected chi connectivity index (χ1v) is 24.8. The molecule has 3 aromatic rings. The van der Waals surface area contributed by atoms with Gasteiger partial charge in [0, 0.05) is 6.42 Å². The molecule has 72 heavy (non-hydrogen) atoms. The Morgan fingerprint density at radius 2 is 1.01 bits per heavy atom. The van der Waals surface area contributed by atoms with Gasteiger partial charge < -0.3 is 28.8 Å². The number of halogens is 17. The molecule has 1 heterocycles. The fourth-order valence-electron chi connectivity index (χ4n) is 9.02. The number of hydrogen-bond acceptors (Lipinski definition) is 6. The molecule has 0 aromatic heterocycles. The second-order valence-corrected chi connectivity index (χ2v) is 23.8. The van der Waals surface area contributed by atoms with E-state index in [1.165, 1.54) is 33.8 Å². The fourth-order valence-corrected chi connectivity index (χ4v) is 15.9. The molecule has 0 spiro atoms. The number of rotatable bonds is 27. The normalized spacial score (nSPS) is 21.4. The molecular weight excluding hydrogens is 1020 g/mol. The third-order valence-electron chi connectivity index (χ3n) is 13.0. The molecule has 3 aromatic carbocycles. The van der Waals surface area contributed by atoms with E-state index >= 15 is 26.3 Å². The van der Waals surface area contributed by atoms with Crippen LogP contribution < -0.4 is 0 Å². The molecule has 0 aliphatic carbocycles. The summed E-state index contributed by atoms with van der Waals surface area (Å²) in [6, 6.07) is 23.4. The molecule has 406 valence electrons. The third kappa shape index (κ3) is 11.4. The summed E-state index contributed by atoms with van der Waals surface area (Å²) < 4.78 is 278. The van der Waals surface area contributed by atoms with Crippen molar-refractivity contribution in [1.82, 2.24) is 0 Å². The molecule has 6 nitrogen and oxygen atoms in total. The predicted molar refractivity (Wildman–Crippen MR) is 231 cm³/mol. The van der Waals surface area contributed by atoms with Gasteiger partial charge in [0.2, 0.25) is 0 Å². The van der Waals surface area contributed by atoms with Gasteiger partial charge in [-0.15, -0.1) is 6.58 Å². The van der Waals surface area contributed by atoms with Crippen LogP contribution in [0, 0.1) is 0 Å². The molecule has 0 saturated carbocycles. The van der Waals surface area contributed by atoms with Crippen molar-refractivity contribution in [1.29, 1.82) is 0 Å². The number of hydrogen-bond donors (Lipinski definition) is 1. The Labute approximate surface area is 405 Å². The number of allylic oxidation sites excluding steroid dienone is 1. The highest BCUT2D eigenvalue weighted by atomic mass is 28.3. The van der Waals surface area contributed by atoms with E-state index in [0.29, 0.717) is 16.7 Å². The summed E-state index contributed by atoms with van der Waals surface area (Å²) in [4.78, 5) is 0. The van der Waals surface area contributed by atoms with Crippen LogP contribution in [-0.2, 0) is 43.5 Å².